The van der Waals surface area contributed by atoms with Crippen molar-refractivity contribution < 1.29 is 80.2 Å². The molecule has 2 unspecified atom stereocenters. The molecule has 0 aromatic carbocycles. The number of phosphoric acid groups is 2. The van der Waals surface area contributed by atoms with Crippen LogP contribution < -0.4 is 0 Å². The number of ether oxygens (including phenoxy) is 4. The number of hydrogen-bond donors (Lipinski definition) is 3. The lowest BCUT2D eigenvalue weighted by atomic mass is 10.0. The average molecular weight is 1520 g/mol. The van der Waals surface area contributed by atoms with Gasteiger partial charge in [-0.1, -0.05) is 407 Å². The van der Waals surface area contributed by atoms with E-state index in [0.717, 1.165) is 95.8 Å². The largest absolute Gasteiger partial charge is 0.472 e. The van der Waals surface area contributed by atoms with Gasteiger partial charge in [0.15, 0.2) is 12.2 Å². The average Bonchev–Trinajstić information content (AvgIpc) is 0.907. The SMILES string of the molecule is CCCCCCCCCCCCCCCCCCCCCCCC(=O)O[C@H](COC(=O)CCCCCCCCCCCCCCCCCCCC)COP(=O)(O)OC[C@@H](O)COP(=O)(O)OC[C@@H](COC(=O)CCCCCCCCCCC(C)C)OC(=O)CCCCCCCCCCCCCCCC. The van der Waals surface area contributed by atoms with E-state index < -0.39 is 97.5 Å². The second-order valence-corrected chi connectivity index (χ2v) is 34.0. The van der Waals surface area contributed by atoms with Gasteiger partial charge in [-0.15, -0.1) is 0 Å². The number of aliphatic hydroxyl groups excluding tert-OH is 1. The number of phosphoric ester groups is 2. The summed E-state index contributed by atoms with van der Waals surface area (Å²) in [5.41, 5.74) is 0. The van der Waals surface area contributed by atoms with Crippen LogP contribution in [0.3, 0.4) is 0 Å². The first-order chi connectivity index (χ1) is 50.5. The van der Waals surface area contributed by atoms with Gasteiger partial charge < -0.3 is 33.8 Å². The second-order valence-electron chi connectivity index (χ2n) is 31.1. The van der Waals surface area contributed by atoms with Crippen LogP contribution in [-0.2, 0) is 65.4 Å². The third-order valence-corrected chi connectivity index (χ3v) is 21.9. The van der Waals surface area contributed by atoms with Crippen molar-refractivity contribution in [2.24, 2.45) is 5.92 Å². The third-order valence-electron chi connectivity index (χ3n) is 20.0. The molecule has 0 heterocycles. The first kappa shape index (κ1) is 102. The Morgan fingerprint density at radius 3 is 0.654 bits per heavy atom. The quantitative estimate of drug-likeness (QED) is 0.0222. The monoisotopic (exact) mass is 1520 g/mol. The Kier molecular flexibility index (Phi) is 76.3. The lowest BCUT2D eigenvalue weighted by Gasteiger charge is -2.21. The van der Waals surface area contributed by atoms with Crippen molar-refractivity contribution in [1.29, 1.82) is 0 Å². The van der Waals surface area contributed by atoms with E-state index in [9.17, 15) is 43.2 Å². The highest BCUT2D eigenvalue weighted by atomic mass is 31.2. The standard InChI is InChI=1S/C85H166O17P2/c1-6-9-12-15-18-21-24-27-30-32-34-35-36-38-40-43-46-49-56-61-66-71-85(90)101-80(74-95-82(87)68-63-58-53-47-44-42-39-37-33-31-28-25-22-19-16-13-10-7-2)76-99-103(91,92)97-72-79(86)73-98-104(93,94)100-77-81(75-96-83(88)69-64-59-54-51-50-52-57-62-67-78(4)5)102-84(89)70-65-60-55-48-45-41-29-26-23-20-17-14-11-8-3/h78-81,86H,6-77H2,1-5H3,(H,91,92)(H,93,94)/t79-,80-,81-/m1/s1. The van der Waals surface area contributed by atoms with Crippen LogP contribution in [0.2, 0.25) is 0 Å². The zero-order valence-electron chi connectivity index (χ0n) is 68.2. The fourth-order valence-corrected chi connectivity index (χ4v) is 14.9. The van der Waals surface area contributed by atoms with Gasteiger partial charge in [0, 0.05) is 25.7 Å². The molecule has 3 N–H and O–H groups in total. The zero-order chi connectivity index (χ0) is 76.2. The molecule has 618 valence electrons. The van der Waals surface area contributed by atoms with Crippen molar-refractivity contribution in [3.8, 4) is 0 Å². The highest BCUT2D eigenvalue weighted by Crippen LogP contribution is 2.45. The van der Waals surface area contributed by atoms with E-state index >= 15 is 0 Å². The molecule has 0 aliphatic rings. The summed E-state index contributed by atoms with van der Waals surface area (Å²) in [4.78, 5) is 73.2. The number of hydrogen-bond acceptors (Lipinski definition) is 15. The molecule has 0 rings (SSSR count). The molecular weight excluding hydrogens is 1350 g/mol. The number of unbranched alkanes of at least 4 members (excludes halogenated alkanes) is 57. The molecule has 5 atom stereocenters. The van der Waals surface area contributed by atoms with Gasteiger partial charge in [-0.3, -0.25) is 37.3 Å². The molecule has 0 aromatic rings. The van der Waals surface area contributed by atoms with Crippen LogP contribution >= 0.6 is 15.6 Å². The summed E-state index contributed by atoms with van der Waals surface area (Å²) in [6, 6.07) is 0. The number of rotatable bonds is 85. The Bertz CT molecular complexity index is 1980. The summed E-state index contributed by atoms with van der Waals surface area (Å²) in [7, 11) is -9.92. The maximum Gasteiger partial charge on any atom is 0.472 e. The van der Waals surface area contributed by atoms with E-state index in [1.54, 1.807) is 0 Å². The summed E-state index contributed by atoms with van der Waals surface area (Å²) in [5.74, 6) is -1.37. The first-order valence-electron chi connectivity index (χ1n) is 44.1. The normalized spacial score (nSPS) is 13.8. The van der Waals surface area contributed by atoms with Crippen LogP contribution in [0.25, 0.3) is 0 Å². The Balaban J connectivity index is 5.23. The van der Waals surface area contributed by atoms with Crippen LogP contribution in [0.15, 0.2) is 0 Å². The number of carbonyl (C=O) groups excluding carboxylic acids is 4. The number of esters is 4. The van der Waals surface area contributed by atoms with E-state index in [-0.39, 0.29) is 25.7 Å². The molecule has 0 saturated heterocycles. The molecule has 0 amide bonds. The van der Waals surface area contributed by atoms with E-state index in [0.29, 0.717) is 25.7 Å². The molecule has 17 nitrogen and oxygen atoms in total. The van der Waals surface area contributed by atoms with Gasteiger partial charge in [0.2, 0.25) is 0 Å². The van der Waals surface area contributed by atoms with Crippen molar-refractivity contribution in [3.63, 3.8) is 0 Å². The lowest BCUT2D eigenvalue weighted by molar-refractivity contribution is -0.161. The second kappa shape index (κ2) is 77.8. The first-order valence-corrected chi connectivity index (χ1v) is 47.1. The zero-order valence-corrected chi connectivity index (χ0v) is 70.0. The molecule has 0 aromatic heterocycles. The maximum atomic E-state index is 13.1. The molecule has 0 saturated carbocycles. The predicted molar refractivity (Wildman–Crippen MR) is 428 cm³/mol. The summed E-state index contributed by atoms with van der Waals surface area (Å²) in [6.07, 6.45) is 70.9. The maximum absolute atomic E-state index is 13.1. The summed E-state index contributed by atoms with van der Waals surface area (Å²) in [6.45, 7) is 7.32. The molecule has 0 spiro atoms. The van der Waals surface area contributed by atoms with E-state index in [4.69, 9.17) is 37.0 Å². The van der Waals surface area contributed by atoms with Crippen molar-refractivity contribution in [1.82, 2.24) is 0 Å². The number of aliphatic hydroxyl groups is 1. The fourth-order valence-electron chi connectivity index (χ4n) is 13.3. The predicted octanol–water partition coefficient (Wildman–Crippen LogP) is 26.0. The molecule has 0 aliphatic carbocycles. The molecule has 19 heteroatoms. The Hall–Kier alpha value is -1.94. The van der Waals surface area contributed by atoms with Gasteiger partial charge >= 0.3 is 39.5 Å². The molecule has 104 heavy (non-hydrogen) atoms. The third kappa shape index (κ3) is 78.2. The highest BCUT2D eigenvalue weighted by Gasteiger charge is 2.30. The van der Waals surface area contributed by atoms with Crippen LogP contribution in [0.5, 0.6) is 0 Å². The van der Waals surface area contributed by atoms with Crippen molar-refractivity contribution in [3.05, 3.63) is 0 Å². The smallest absolute Gasteiger partial charge is 0.462 e. The van der Waals surface area contributed by atoms with Gasteiger partial charge in [0.25, 0.3) is 0 Å². The minimum Gasteiger partial charge on any atom is -0.462 e. The van der Waals surface area contributed by atoms with Gasteiger partial charge in [-0.25, -0.2) is 9.13 Å². The molecule has 0 bridgehead atoms. The van der Waals surface area contributed by atoms with E-state index in [1.807, 2.05) is 0 Å². The summed E-state index contributed by atoms with van der Waals surface area (Å²) >= 11 is 0. The van der Waals surface area contributed by atoms with Crippen molar-refractivity contribution in [2.45, 2.75) is 477 Å². The highest BCUT2D eigenvalue weighted by molar-refractivity contribution is 7.47. The molecule has 0 radical (unpaired) electrons. The van der Waals surface area contributed by atoms with Crippen molar-refractivity contribution in [2.75, 3.05) is 39.6 Å². The lowest BCUT2D eigenvalue weighted by Crippen LogP contribution is -2.30. The van der Waals surface area contributed by atoms with E-state index in [2.05, 4.69) is 34.6 Å². The Labute approximate surface area is 638 Å². The summed E-state index contributed by atoms with van der Waals surface area (Å²) in [5, 5.41) is 10.7. The summed E-state index contributed by atoms with van der Waals surface area (Å²) < 4.78 is 68.9. The van der Waals surface area contributed by atoms with Gasteiger partial charge in [-0.2, -0.15) is 0 Å². The molecular formula is C85H166O17P2. The molecule has 0 aliphatic heterocycles. The molecule has 0 fully saturated rings. The Morgan fingerprint density at radius 1 is 0.260 bits per heavy atom. The minimum absolute atomic E-state index is 0.108. The number of carbonyl (C=O) groups is 4. The minimum atomic E-state index is -4.96. The van der Waals surface area contributed by atoms with Gasteiger partial charge in [0.1, 0.15) is 19.3 Å². The van der Waals surface area contributed by atoms with Crippen LogP contribution in [0, 0.1) is 5.92 Å². The van der Waals surface area contributed by atoms with Gasteiger partial charge in [-0.05, 0) is 31.6 Å². The van der Waals surface area contributed by atoms with Crippen molar-refractivity contribution >= 4 is 39.5 Å². The van der Waals surface area contributed by atoms with Crippen LogP contribution in [0.4, 0.5) is 0 Å². The van der Waals surface area contributed by atoms with Crippen LogP contribution in [-0.4, -0.2) is 96.7 Å². The van der Waals surface area contributed by atoms with Crippen LogP contribution in [0.1, 0.15) is 458 Å². The topological polar surface area (TPSA) is 237 Å². The fraction of sp³-hybridized carbons (Fsp3) is 0.953. The Morgan fingerprint density at radius 2 is 0.442 bits per heavy atom. The van der Waals surface area contributed by atoms with E-state index in [1.165, 1.54) is 283 Å². The van der Waals surface area contributed by atoms with Gasteiger partial charge in [0.05, 0.1) is 26.4 Å².